The Kier molecular flexibility index (Phi) is 6.03. The Morgan fingerprint density at radius 1 is 1.32 bits per heavy atom. The normalized spacial score (nSPS) is 20.0. The molecule has 180 valence electrons. The maximum atomic E-state index is 13.4. The second kappa shape index (κ2) is 8.99. The lowest BCUT2D eigenvalue weighted by molar-refractivity contribution is -0.152. The zero-order valence-electron chi connectivity index (χ0n) is 18.7. The van der Waals surface area contributed by atoms with Crippen molar-refractivity contribution in [1.82, 2.24) is 19.7 Å². The smallest absolute Gasteiger partial charge is 0.320 e. The minimum atomic E-state index is -0.565. The van der Waals surface area contributed by atoms with Crippen molar-refractivity contribution in [1.29, 1.82) is 0 Å². The molecule has 1 aliphatic carbocycles. The highest BCUT2D eigenvalue weighted by Gasteiger charge is 2.36. The monoisotopic (exact) mass is 489 g/mol. The lowest BCUT2D eigenvalue weighted by Crippen LogP contribution is -2.39. The number of aromatic nitrogens is 2. The van der Waals surface area contributed by atoms with E-state index >= 15 is 0 Å². The van der Waals surface area contributed by atoms with E-state index in [0.717, 1.165) is 18.5 Å². The van der Waals surface area contributed by atoms with Gasteiger partial charge in [-0.3, -0.25) is 19.1 Å². The summed E-state index contributed by atoms with van der Waals surface area (Å²) in [7, 11) is 1.55. The molecule has 3 aliphatic rings. The minimum Gasteiger partial charge on any atom is -0.320 e. The molecule has 2 aromatic rings. The first-order chi connectivity index (χ1) is 16.3. The van der Waals surface area contributed by atoms with Gasteiger partial charge in [0.15, 0.2) is 0 Å². The number of anilines is 1. The van der Waals surface area contributed by atoms with E-state index in [9.17, 15) is 18.8 Å². The third-order valence-corrected chi connectivity index (χ3v) is 6.77. The summed E-state index contributed by atoms with van der Waals surface area (Å²) in [5.41, 5.74) is 2.24. The van der Waals surface area contributed by atoms with Crippen LogP contribution in [0, 0.1) is 11.7 Å². The summed E-state index contributed by atoms with van der Waals surface area (Å²) in [5.74, 6) is -0.450. The number of Topliss-reactive ketones (excluding diaryl/α,β-unsaturated/α-hetero) is 1. The first kappa shape index (κ1) is 22.8. The van der Waals surface area contributed by atoms with Gasteiger partial charge >= 0.3 is 6.03 Å². The third kappa shape index (κ3) is 4.52. The molecule has 0 bridgehead atoms. The number of nitrogens with one attached hydrogen (secondary N) is 1. The second-order valence-electron chi connectivity index (χ2n) is 9.00. The standard InChI is InChI=1S/C23H25ClFN5O4/c1-28-22(32)21-16-12-29(23(33)26-14-4-6-18(25)17(24)10-14)9-8-19(16)27-30(21)11-15(34-28)5-7-20(31)13-2-3-13/h4,6,10,13,15H,2-3,5,7-9,11-12H2,1H3,(H,26,33). The second-order valence-corrected chi connectivity index (χ2v) is 9.40. The molecule has 1 aromatic carbocycles. The number of hydrogen-bond acceptors (Lipinski definition) is 5. The fourth-order valence-electron chi connectivity index (χ4n) is 4.45. The Labute approximate surface area is 200 Å². The van der Waals surface area contributed by atoms with E-state index in [0.29, 0.717) is 49.3 Å². The average Bonchev–Trinajstić information content (AvgIpc) is 3.61. The van der Waals surface area contributed by atoms with E-state index in [1.807, 2.05) is 0 Å². The lowest BCUT2D eigenvalue weighted by atomic mass is 10.0. The van der Waals surface area contributed by atoms with Crippen molar-refractivity contribution in [2.75, 3.05) is 18.9 Å². The van der Waals surface area contributed by atoms with Crippen molar-refractivity contribution in [2.45, 2.75) is 51.3 Å². The summed E-state index contributed by atoms with van der Waals surface area (Å²) in [6.07, 6.45) is 3.03. The molecule has 34 heavy (non-hydrogen) atoms. The van der Waals surface area contributed by atoms with E-state index < -0.39 is 5.82 Å². The van der Waals surface area contributed by atoms with Crippen LogP contribution in [-0.4, -0.2) is 57.2 Å². The van der Waals surface area contributed by atoms with E-state index in [2.05, 4.69) is 10.4 Å². The first-order valence-corrected chi connectivity index (χ1v) is 11.7. The van der Waals surface area contributed by atoms with Crippen LogP contribution in [0.4, 0.5) is 14.9 Å². The number of urea groups is 1. The molecular weight excluding hydrogens is 465 g/mol. The van der Waals surface area contributed by atoms with Crippen molar-refractivity contribution in [2.24, 2.45) is 5.92 Å². The maximum Gasteiger partial charge on any atom is 0.322 e. The lowest BCUT2D eigenvalue weighted by Gasteiger charge is -2.27. The molecule has 0 saturated heterocycles. The third-order valence-electron chi connectivity index (χ3n) is 6.48. The Balaban J connectivity index is 1.31. The van der Waals surface area contributed by atoms with Crippen LogP contribution < -0.4 is 5.32 Å². The van der Waals surface area contributed by atoms with Gasteiger partial charge in [-0.2, -0.15) is 5.10 Å². The molecule has 1 N–H and O–H groups in total. The number of carbonyl (C=O) groups excluding carboxylic acids is 3. The molecule has 5 rings (SSSR count). The van der Waals surface area contributed by atoms with E-state index in [1.54, 1.807) is 16.6 Å². The maximum absolute atomic E-state index is 13.4. The van der Waals surface area contributed by atoms with Gasteiger partial charge in [0.25, 0.3) is 5.91 Å². The molecule has 1 saturated carbocycles. The van der Waals surface area contributed by atoms with E-state index in [-0.39, 0.29) is 41.3 Å². The summed E-state index contributed by atoms with van der Waals surface area (Å²) < 4.78 is 15.1. The number of carbonyl (C=O) groups is 3. The topological polar surface area (TPSA) is 96.8 Å². The van der Waals surface area contributed by atoms with Crippen LogP contribution >= 0.6 is 11.6 Å². The summed E-state index contributed by atoms with van der Waals surface area (Å²) in [6.45, 7) is 0.983. The van der Waals surface area contributed by atoms with Crippen LogP contribution in [0.15, 0.2) is 18.2 Å². The van der Waals surface area contributed by atoms with Crippen molar-refractivity contribution in [3.8, 4) is 0 Å². The quantitative estimate of drug-likeness (QED) is 0.694. The number of nitrogens with zero attached hydrogens (tertiary/aromatic N) is 4. The number of hydroxylamine groups is 2. The molecule has 1 fully saturated rings. The number of halogens is 2. The summed E-state index contributed by atoms with van der Waals surface area (Å²) in [5, 5.41) is 8.49. The largest absolute Gasteiger partial charge is 0.322 e. The fourth-order valence-corrected chi connectivity index (χ4v) is 4.63. The van der Waals surface area contributed by atoms with Crippen LogP contribution in [-0.2, 0) is 29.1 Å². The van der Waals surface area contributed by atoms with Gasteiger partial charge in [-0.15, -0.1) is 0 Å². The van der Waals surface area contributed by atoms with Crippen molar-refractivity contribution < 1.29 is 23.6 Å². The first-order valence-electron chi connectivity index (χ1n) is 11.4. The Morgan fingerprint density at radius 3 is 2.85 bits per heavy atom. The highest BCUT2D eigenvalue weighted by atomic mass is 35.5. The summed E-state index contributed by atoms with van der Waals surface area (Å²) in [6, 6.07) is 3.59. The van der Waals surface area contributed by atoms with E-state index in [1.165, 1.54) is 23.3 Å². The predicted octanol–water partition coefficient (Wildman–Crippen LogP) is 3.41. The van der Waals surface area contributed by atoms with Crippen LogP contribution in [0.1, 0.15) is 47.4 Å². The molecule has 2 aliphatic heterocycles. The van der Waals surface area contributed by atoms with Crippen LogP contribution in [0.2, 0.25) is 5.02 Å². The van der Waals surface area contributed by atoms with Gasteiger partial charge in [-0.05, 0) is 37.5 Å². The zero-order chi connectivity index (χ0) is 24.0. The van der Waals surface area contributed by atoms with Crippen molar-refractivity contribution >= 4 is 35.0 Å². The summed E-state index contributed by atoms with van der Waals surface area (Å²) >= 11 is 5.81. The van der Waals surface area contributed by atoms with Gasteiger partial charge in [0.2, 0.25) is 0 Å². The number of rotatable bonds is 5. The summed E-state index contributed by atoms with van der Waals surface area (Å²) in [4.78, 5) is 45.5. The Morgan fingerprint density at radius 2 is 2.12 bits per heavy atom. The van der Waals surface area contributed by atoms with Crippen molar-refractivity contribution in [3.63, 3.8) is 0 Å². The van der Waals surface area contributed by atoms with Gasteiger partial charge < -0.3 is 10.2 Å². The number of benzene rings is 1. The molecule has 1 atom stereocenters. The van der Waals surface area contributed by atoms with Crippen LogP contribution in [0.3, 0.4) is 0 Å². The molecule has 9 nitrogen and oxygen atoms in total. The highest BCUT2D eigenvalue weighted by molar-refractivity contribution is 6.31. The van der Waals surface area contributed by atoms with Crippen molar-refractivity contribution in [3.05, 3.63) is 46.0 Å². The van der Waals surface area contributed by atoms with Gasteiger partial charge in [0, 0.05) is 43.6 Å². The van der Waals surface area contributed by atoms with Crippen LogP contribution in [0.5, 0.6) is 0 Å². The molecule has 0 spiro atoms. The Hall–Kier alpha value is -2.98. The number of ketones is 1. The molecule has 0 radical (unpaired) electrons. The van der Waals surface area contributed by atoms with Gasteiger partial charge in [-0.25, -0.2) is 14.2 Å². The minimum absolute atomic E-state index is 0.0808. The Bertz CT molecular complexity index is 1160. The zero-order valence-corrected chi connectivity index (χ0v) is 19.5. The fraction of sp³-hybridized carbons (Fsp3) is 0.478. The molecule has 3 heterocycles. The number of hydrogen-bond donors (Lipinski definition) is 1. The molecule has 1 aromatic heterocycles. The number of amides is 3. The SMILES string of the molecule is CN1OC(CCC(=O)C2CC2)Cn2nc3c(c2C1=O)CN(C(=O)Nc1ccc(F)c(Cl)c1)CC3. The molecular formula is C23H25ClFN5O4. The number of fused-ring (bicyclic) bond motifs is 3. The molecule has 1 unspecified atom stereocenters. The van der Waals surface area contributed by atoms with Gasteiger partial charge in [-0.1, -0.05) is 11.6 Å². The molecule has 3 amide bonds. The predicted molar refractivity (Wildman–Crippen MR) is 121 cm³/mol. The van der Waals surface area contributed by atoms with Crippen LogP contribution in [0.25, 0.3) is 0 Å². The van der Waals surface area contributed by atoms with Gasteiger partial charge in [0.05, 0.1) is 23.8 Å². The molecule has 11 heteroatoms. The average molecular weight is 490 g/mol. The van der Waals surface area contributed by atoms with Gasteiger partial charge in [0.1, 0.15) is 23.4 Å². The van der Waals surface area contributed by atoms with E-state index in [4.69, 9.17) is 16.4 Å². The highest BCUT2D eigenvalue weighted by Crippen LogP contribution is 2.32.